The van der Waals surface area contributed by atoms with Gasteiger partial charge in [-0.1, -0.05) is 6.07 Å². The lowest BCUT2D eigenvalue weighted by Crippen LogP contribution is -2.52. The Morgan fingerprint density at radius 3 is 2.64 bits per heavy atom. The Hall–Kier alpha value is -1.22. The summed E-state index contributed by atoms with van der Waals surface area (Å²) in [5.74, 6) is 3.66. The molecule has 6 nitrogen and oxygen atoms in total. The standard InChI is InChI=1S/C18H26N4O2.HI/c1-19-18(20-11-14-2-3-14)22-8-6-21(7-9-22)12-15-4-5-16-17(10-15)24-13-23-16;/h4-5,10,14H,2-3,6-9,11-13H2,1H3,(H,19,20);1H. The Morgan fingerprint density at radius 1 is 1.16 bits per heavy atom. The summed E-state index contributed by atoms with van der Waals surface area (Å²) in [4.78, 5) is 9.30. The molecule has 1 N–H and O–H groups in total. The molecule has 3 aliphatic rings. The Kier molecular flexibility index (Phi) is 6.27. The van der Waals surface area contributed by atoms with Gasteiger partial charge in [0.2, 0.25) is 6.79 Å². The number of rotatable bonds is 4. The molecule has 2 aliphatic heterocycles. The minimum Gasteiger partial charge on any atom is -0.454 e. The van der Waals surface area contributed by atoms with Crippen LogP contribution in [0.4, 0.5) is 0 Å². The summed E-state index contributed by atoms with van der Waals surface area (Å²) in [7, 11) is 1.88. The van der Waals surface area contributed by atoms with Crippen LogP contribution in [0.2, 0.25) is 0 Å². The molecule has 0 amide bonds. The van der Waals surface area contributed by atoms with E-state index >= 15 is 0 Å². The summed E-state index contributed by atoms with van der Waals surface area (Å²) in [5.41, 5.74) is 1.28. The zero-order valence-electron chi connectivity index (χ0n) is 14.7. The van der Waals surface area contributed by atoms with Crippen molar-refractivity contribution in [2.24, 2.45) is 10.9 Å². The first-order chi connectivity index (χ1) is 11.8. The number of hydrogen-bond acceptors (Lipinski definition) is 4. The predicted molar refractivity (Wildman–Crippen MR) is 109 cm³/mol. The van der Waals surface area contributed by atoms with Gasteiger partial charge in [-0.25, -0.2) is 0 Å². The minimum atomic E-state index is 0. The van der Waals surface area contributed by atoms with Crippen molar-refractivity contribution in [2.75, 3.05) is 46.6 Å². The Morgan fingerprint density at radius 2 is 1.92 bits per heavy atom. The van der Waals surface area contributed by atoms with Gasteiger partial charge in [0.1, 0.15) is 0 Å². The van der Waals surface area contributed by atoms with Crippen molar-refractivity contribution in [1.82, 2.24) is 15.1 Å². The molecule has 1 aromatic rings. The lowest BCUT2D eigenvalue weighted by atomic mass is 10.1. The second kappa shape index (κ2) is 8.44. The summed E-state index contributed by atoms with van der Waals surface area (Å²) in [6.07, 6.45) is 2.74. The quantitative estimate of drug-likeness (QED) is 0.426. The molecule has 1 saturated heterocycles. The third kappa shape index (κ3) is 4.69. The van der Waals surface area contributed by atoms with Crippen LogP contribution in [0.25, 0.3) is 0 Å². The molecule has 0 atom stereocenters. The van der Waals surface area contributed by atoms with Crippen LogP contribution < -0.4 is 14.8 Å². The maximum atomic E-state index is 5.47. The second-order valence-electron chi connectivity index (χ2n) is 6.82. The molecule has 138 valence electrons. The number of ether oxygens (including phenoxy) is 2. The van der Waals surface area contributed by atoms with Gasteiger partial charge in [-0.2, -0.15) is 0 Å². The zero-order valence-corrected chi connectivity index (χ0v) is 17.1. The first-order valence-electron chi connectivity index (χ1n) is 8.88. The summed E-state index contributed by atoms with van der Waals surface area (Å²) >= 11 is 0. The number of nitrogens with one attached hydrogen (secondary N) is 1. The lowest BCUT2D eigenvalue weighted by molar-refractivity contribution is 0.171. The van der Waals surface area contributed by atoms with Crippen LogP contribution >= 0.6 is 24.0 Å². The van der Waals surface area contributed by atoms with Crippen LogP contribution in [0.3, 0.4) is 0 Å². The zero-order chi connectivity index (χ0) is 16.4. The number of hydrogen-bond donors (Lipinski definition) is 1. The van der Waals surface area contributed by atoms with E-state index in [2.05, 4.69) is 32.2 Å². The number of halogens is 1. The average molecular weight is 458 g/mol. The smallest absolute Gasteiger partial charge is 0.231 e. The molecule has 1 aromatic carbocycles. The summed E-state index contributed by atoms with van der Waals surface area (Å²) < 4.78 is 10.8. The van der Waals surface area contributed by atoms with Crippen LogP contribution in [0, 0.1) is 5.92 Å². The van der Waals surface area contributed by atoms with E-state index in [1.807, 2.05) is 13.1 Å². The van der Waals surface area contributed by atoms with Crippen molar-refractivity contribution in [3.05, 3.63) is 23.8 Å². The van der Waals surface area contributed by atoms with Gasteiger partial charge in [0, 0.05) is 46.3 Å². The van der Waals surface area contributed by atoms with Gasteiger partial charge in [-0.05, 0) is 36.5 Å². The molecular formula is C18H27IN4O2. The van der Waals surface area contributed by atoms with Crippen LogP contribution in [0.15, 0.2) is 23.2 Å². The van der Waals surface area contributed by atoms with Gasteiger partial charge in [0.15, 0.2) is 17.5 Å². The van der Waals surface area contributed by atoms with Gasteiger partial charge < -0.3 is 19.7 Å². The molecule has 2 heterocycles. The normalized spacial score (nSPS) is 20.4. The maximum absolute atomic E-state index is 5.47. The fourth-order valence-electron chi connectivity index (χ4n) is 3.31. The van der Waals surface area contributed by atoms with Gasteiger partial charge >= 0.3 is 0 Å². The molecule has 7 heteroatoms. The highest BCUT2D eigenvalue weighted by Gasteiger charge is 2.24. The highest BCUT2D eigenvalue weighted by molar-refractivity contribution is 14.0. The molecule has 0 spiro atoms. The third-order valence-electron chi connectivity index (χ3n) is 4.97. The molecule has 2 fully saturated rings. The van der Waals surface area contributed by atoms with Gasteiger partial charge in [-0.3, -0.25) is 9.89 Å². The van der Waals surface area contributed by atoms with Crippen molar-refractivity contribution < 1.29 is 9.47 Å². The van der Waals surface area contributed by atoms with Gasteiger partial charge in [0.25, 0.3) is 0 Å². The molecule has 0 aromatic heterocycles. The molecule has 0 unspecified atom stereocenters. The monoisotopic (exact) mass is 458 g/mol. The van der Waals surface area contributed by atoms with E-state index in [-0.39, 0.29) is 24.0 Å². The molecular weight excluding hydrogens is 431 g/mol. The second-order valence-corrected chi connectivity index (χ2v) is 6.82. The summed E-state index contributed by atoms with van der Waals surface area (Å²) in [6, 6.07) is 6.25. The summed E-state index contributed by atoms with van der Waals surface area (Å²) in [5, 5.41) is 3.52. The van der Waals surface area contributed by atoms with Crippen molar-refractivity contribution in [3.8, 4) is 11.5 Å². The first kappa shape index (κ1) is 18.6. The van der Waals surface area contributed by atoms with Crippen LogP contribution in [0.5, 0.6) is 11.5 Å². The largest absolute Gasteiger partial charge is 0.454 e. The van der Waals surface area contributed by atoms with Gasteiger partial charge in [-0.15, -0.1) is 24.0 Å². The molecule has 25 heavy (non-hydrogen) atoms. The van der Waals surface area contributed by atoms with E-state index in [1.54, 1.807) is 0 Å². The van der Waals surface area contributed by atoms with Crippen molar-refractivity contribution in [3.63, 3.8) is 0 Å². The van der Waals surface area contributed by atoms with E-state index in [1.165, 1.54) is 18.4 Å². The number of piperazine rings is 1. The van der Waals surface area contributed by atoms with E-state index < -0.39 is 0 Å². The van der Waals surface area contributed by atoms with Crippen LogP contribution in [0.1, 0.15) is 18.4 Å². The molecule has 1 aliphatic carbocycles. The van der Waals surface area contributed by atoms with Crippen molar-refractivity contribution in [1.29, 1.82) is 0 Å². The van der Waals surface area contributed by atoms with Crippen molar-refractivity contribution in [2.45, 2.75) is 19.4 Å². The third-order valence-corrected chi connectivity index (χ3v) is 4.97. The molecule has 4 rings (SSSR count). The van der Waals surface area contributed by atoms with E-state index in [4.69, 9.17) is 9.47 Å². The van der Waals surface area contributed by atoms with E-state index in [0.29, 0.717) is 6.79 Å². The minimum absolute atomic E-state index is 0. The highest BCUT2D eigenvalue weighted by Crippen LogP contribution is 2.32. The molecule has 0 bridgehead atoms. The fourth-order valence-corrected chi connectivity index (χ4v) is 3.31. The Bertz CT molecular complexity index is 613. The molecule has 0 radical (unpaired) electrons. The number of nitrogens with zero attached hydrogens (tertiary/aromatic N) is 3. The Balaban J connectivity index is 0.00000182. The molecule has 1 saturated carbocycles. The summed E-state index contributed by atoms with van der Waals surface area (Å²) in [6.45, 7) is 6.52. The van der Waals surface area contributed by atoms with E-state index in [9.17, 15) is 0 Å². The van der Waals surface area contributed by atoms with E-state index in [0.717, 1.165) is 62.6 Å². The first-order valence-corrected chi connectivity index (χ1v) is 8.88. The highest BCUT2D eigenvalue weighted by atomic mass is 127. The Labute approximate surface area is 166 Å². The lowest BCUT2D eigenvalue weighted by Gasteiger charge is -2.36. The van der Waals surface area contributed by atoms with Crippen molar-refractivity contribution >= 4 is 29.9 Å². The number of aliphatic imine (C=N–C) groups is 1. The number of benzene rings is 1. The fraction of sp³-hybridized carbons (Fsp3) is 0.611. The maximum Gasteiger partial charge on any atom is 0.231 e. The van der Waals surface area contributed by atoms with Gasteiger partial charge in [0.05, 0.1) is 0 Å². The number of guanidine groups is 1. The topological polar surface area (TPSA) is 49.3 Å². The van der Waals surface area contributed by atoms with Crippen LogP contribution in [-0.2, 0) is 6.54 Å². The average Bonchev–Trinajstić information content (AvgIpc) is 3.32. The SMILES string of the molecule is CN=C(NCC1CC1)N1CCN(Cc2ccc3c(c2)OCO3)CC1.I. The predicted octanol–water partition coefficient (Wildman–Crippen LogP) is 2.14. The number of fused-ring (bicyclic) bond motifs is 1. The van der Waals surface area contributed by atoms with Crippen LogP contribution in [-0.4, -0.2) is 62.3 Å².